The molecular weight excluding hydrogens is 1020 g/mol. The Morgan fingerprint density at radius 1 is 0.190 bits per heavy atom. The molecule has 2 heterocycles. The predicted octanol–water partition coefficient (Wildman–Crippen LogP) is 22.1. The van der Waals surface area contributed by atoms with Crippen LogP contribution >= 0.6 is 0 Å². The number of hydrogen-bond acceptors (Lipinski definition) is 2. The van der Waals surface area contributed by atoms with E-state index in [0.29, 0.717) is 0 Å². The van der Waals surface area contributed by atoms with Crippen LogP contribution in [0.1, 0.15) is 0 Å². The van der Waals surface area contributed by atoms with Gasteiger partial charge in [0.05, 0.1) is 22.1 Å². The van der Waals surface area contributed by atoms with Crippen LogP contribution in [0, 0.1) is 0 Å². The topological polar surface area (TPSA) is 16.3 Å². The monoisotopic (exact) mass is 1070 g/mol. The van der Waals surface area contributed by atoms with Gasteiger partial charge in [0.2, 0.25) is 0 Å². The summed E-state index contributed by atoms with van der Waals surface area (Å²) in [6.07, 6.45) is 0. The summed E-state index contributed by atoms with van der Waals surface area (Å²) in [5.74, 6) is 0. The van der Waals surface area contributed by atoms with E-state index in [1.54, 1.807) is 0 Å². The summed E-state index contributed by atoms with van der Waals surface area (Å²) in [7, 11) is 0. The highest BCUT2D eigenvalue weighted by molar-refractivity contribution is 6.15. The van der Waals surface area contributed by atoms with Crippen molar-refractivity contribution in [2.45, 2.75) is 0 Å². The van der Waals surface area contributed by atoms with Crippen LogP contribution in [0.2, 0.25) is 0 Å². The van der Waals surface area contributed by atoms with Gasteiger partial charge >= 0.3 is 0 Å². The molecule has 394 valence electrons. The Hall–Kier alpha value is -11.2. The molecule has 0 amide bonds. The van der Waals surface area contributed by atoms with E-state index in [1.165, 1.54) is 54.2 Å². The normalized spacial score (nSPS) is 11.6. The van der Waals surface area contributed by atoms with E-state index in [-0.39, 0.29) is 0 Å². The van der Waals surface area contributed by atoms with Crippen LogP contribution in [0.25, 0.3) is 110 Å². The summed E-state index contributed by atoms with van der Waals surface area (Å²) in [5, 5.41) is 9.65. The second-order valence-electron chi connectivity index (χ2n) is 21.7. The summed E-state index contributed by atoms with van der Waals surface area (Å²) >= 11 is 0. The average molecular weight is 1070 g/mol. The Kier molecular flexibility index (Phi) is 11.8. The SMILES string of the molecule is c1ccc(-c2ccc(N(c3ccc(-c4ccccc4)cc3)c3cc(-c4cc5ccccc5c5ccccc45)cc(N(c4ccc5c6ccccc6n(-c6ccccc6)c5c4)c4ccc5c6ccccc6n(-c6ccccc6)c5c4)c3)cc2)cc1. The minimum atomic E-state index is 1.01. The molecule has 0 saturated carbocycles. The Morgan fingerprint density at radius 3 is 1.04 bits per heavy atom. The molecule has 0 aliphatic rings. The van der Waals surface area contributed by atoms with Gasteiger partial charge in [0.15, 0.2) is 0 Å². The van der Waals surface area contributed by atoms with Crippen molar-refractivity contribution in [3.8, 4) is 44.8 Å². The molecule has 2 aromatic heterocycles. The lowest BCUT2D eigenvalue weighted by atomic mass is 9.92. The maximum Gasteiger partial charge on any atom is 0.0561 e. The van der Waals surface area contributed by atoms with Gasteiger partial charge in [-0.2, -0.15) is 0 Å². The zero-order valence-corrected chi connectivity index (χ0v) is 46.0. The van der Waals surface area contributed by atoms with Gasteiger partial charge in [-0.3, -0.25) is 0 Å². The first-order valence-corrected chi connectivity index (χ1v) is 28.8. The molecule has 0 aliphatic carbocycles. The summed E-state index contributed by atoms with van der Waals surface area (Å²) in [4.78, 5) is 4.93. The summed E-state index contributed by atoms with van der Waals surface area (Å²) < 4.78 is 4.84. The molecule has 4 heteroatoms. The number of para-hydroxylation sites is 4. The molecule has 0 atom stereocenters. The molecule has 0 radical (unpaired) electrons. The van der Waals surface area contributed by atoms with Gasteiger partial charge in [0.25, 0.3) is 0 Å². The maximum atomic E-state index is 2.49. The van der Waals surface area contributed by atoms with Crippen molar-refractivity contribution in [1.82, 2.24) is 9.13 Å². The van der Waals surface area contributed by atoms with Crippen molar-refractivity contribution in [3.05, 3.63) is 328 Å². The van der Waals surface area contributed by atoms with Crippen LogP contribution in [0.3, 0.4) is 0 Å². The van der Waals surface area contributed by atoms with Crippen LogP contribution in [-0.4, -0.2) is 9.13 Å². The first kappa shape index (κ1) is 48.7. The number of anilines is 6. The fourth-order valence-electron chi connectivity index (χ4n) is 13.0. The number of fused-ring (bicyclic) bond motifs is 9. The van der Waals surface area contributed by atoms with Gasteiger partial charge in [-0.1, -0.05) is 218 Å². The van der Waals surface area contributed by atoms with Crippen LogP contribution in [0.15, 0.2) is 328 Å². The molecule has 16 aromatic rings. The molecule has 0 N–H and O–H groups in total. The third-order valence-corrected chi connectivity index (χ3v) is 16.8. The highest BCUT2D eigenvalue weighted by Crippen LogP contribution is 2.48. The van der Waals surface area contributed by atoms with Crippen LogP contribution < -0.4 is 9.80 Å². The standard InChI is InChI=1S/C80H54N4/c1-5-21-55(22-6-1)57-37-41-63(42-38-57)81(64-43-39-58(40-44-64)56-23-7-2-8-24-56)67-49-60(76-51-59-25-13-14-30-69(59)70-31-15-16-32-71(70)76)50-68(52-67)82(65-45-47-74-72-33-17-19-35-77(72)83(79(74)53-65)61-26-9-3-10-27-61)66-46-48-75-73-34-18-20-36-78(73)84(80(75)54-66)62-28-11-4-12-29-62/h1-54H. The lowest BCUT2D eigenvalue weighted by Crippen LogP contribution is -2.14. The number of aromatic nitrogens is 2. The number of benzene rings is 14. The van der Waals surface area contributed by atoms with Crippen LogP contribution in [-0.2, 0) is 0 Å². The third kappa shape index (κ3) is 8.39. The molecule has 0 saturated heterocycles. The predicted molar refractivity (Wildman–Crippen MR) is 356 cm³/mol. The minimum absolute atomic E-state index is 1.01. The van der Waals surface area contributed by atoms with E-state index >= 15 is 0 Å². The van der Waals surface area contributed by atoms with E-state index in [9.17, 15) is 0 Å². The number of rotatable bonds is 11. The second-order valence-corrected chi connectivity index (χ2v) is 21.7. The Labute approximate surface area is 487 Å². The largest absolute Gasteiger partial charge is 0.310 e. The zero-order chi connectivity index (χ0) is 55.5. The average Bonchev–Trinajstić information content (AvgIpc) is 3.58. The van der Waals surface area contributed by atoms with Gasteiger partial charge in [0, 0.05) is 67.0 Å². The van der Waals surface area contributed by atoms with Crippen molar-refractivity contribution in [2.75, 3.05) is 9.80 Å². The summed E-state index contributed by atoms with van der Waals surface area (Å²) in [6.45, 7) is 0. The summed E-state index contributed by atoms with van der Waals surface area (Å²) in [6, 6.07) is 120. The van der Waals surface area contributed by atoms with Gasteiger partial charge in [-0.05, 0) is 164 Å². The Morgan fingerprint density at radius 2 is 0.548 bits per heavy atom. The van der Waals surface area contributed by atoms with Crippen LogP contribution in [0.4, 0.5) is 34.1 Å². The fraction of sp³-hybridized carbons (Fsp3) is 0. The van der Waals surface area contributed by atoms with Gasteiger partial charge in [-0.25, -0.2) is 0 Å². The number of hydrogen-bond donors (Lipinski definition) is 0. The van der Waals surface area contributed by atoms with Crippen LogP contribution in [0.5, 0.6) is 0 Å². The minimum Gasteiger partial charge on any atom is -0.310 e. The molecule has 0 bridgehead atoms. The molecule has 0 fully saturated rings. The van der Waals surface area contributed by atoms with Gasteiger partial charge in [0.1, 0.15) is 0 Å². The second kappa shape index (κ2) is 20.4. The fourth-order valence-corrected chi connectivity index (χ4v) is 13.0. The molecule has 0 unspecified atom stereocenters. The van der Waals surface area contributed by atoms with E-state index < -0.39 is 0 Å². The van der Waals surface area contributed by atoms with Crippen molar-refractivity contribution >= 4 is 99.3 Å². The van der Waals surface area contributed by atoms with E-state index in [1.807, 2.05) is 0 Å². The maximum absolute atomic E-state index is 2.49. The van der Waals surface area contributed by atoms with Crippen molar-refractivity contribution in [2.24, 2.45) is 0 Å². The molecular formula is C80H54N4. The van der Waals surface area contributed by atoms with Gasteiger partial charge in [-0.15, -0.1) is 0 Å². The molecule has 0 aliphatic heterocycles. The number of nitrogens with zero attached hydrogens (tertiary/aromatic N) is 4. The highest BCUT2D eigenvalue weighted by Gasteiger charge is 2.24. The summed E-state index contributed by atoms with van der Waals surface area (Å²) in [5.41, 5.74) is 19.9. The third-order valence-electron chi connectivity index (χ3n) is 16.8. The molecule has 0 spiro atoms. The zero-order valence-electron chi connectivity index (χ0n) is 46.0. The molecule has 84 heavy (non-hydrogen) atoms. The Balaban J connectivity index is 1.00. The van der Waals surface area contributed by atoms with Crippen molar-refractivity contribution in [1.29, 1.82) is 0 Å². The van der Waals surface area contributed by atoms with E-state index in [4.69, 9.17) is 0 Å². The molecule has 16 rings (SSSR count). The quantitative estimate of drug-likeness (QED) is 0.120. The first-order chi connectivity index (χ1) is 41.7. The lowest BCUT2D eigenvalue weighted by Gasteiger charge is -2.31. The molecule has 4 nitrogen and oxygen atoms in total. The smallest absolute Gasteiger partial charge is 0.0561 e. The Bertz CT molecular complexity index is 4860. The van der Waals surface area contributed by atoms with E-state index in [0.717, 1.165) is 89.8 Å². The van der Waals surface area contributed by atoms with Crippen molar-refractivity contribution < 1.29 is 0 Å². The lowest BCUT2D eigenvalue weighted by molar-refractivity contribution is 1.17. The highest BCUT2D eigenvalue weighted by atomic mass is 15.2. The van der Waals surface area contributed by atoms with E-state index in [2.05, 4.69) is 347 Å². The molecule has 14 aromatic carbocycles. The first-order valence-electron chi connectivity index (χ1n) is 28.8. The van der Waals surface area contributed by atoms with Gasteiger partial charge < -0.3 is 18.9 Å². The van der Waals surface area contributed by atoms with Crippen molar-refractivity contribution in [3.63, 3.8) is 0 Å².